The van der Waals surface area contributed by atoms with Crippen LogP contribution in [0.15, 0.2) is 36.7 Å². The number of carbonyl (C=O) groups excluding carboxylic acids is 1. The minimum absolute atomic E-state index is 0.204. The lowest BCUT2D eigenvalue weighted by molar-refractivity contribution is 0.0904. The first-order valence-corrected chi connectivity index (χ1v) is 12.8. The maximum atomic E-state index is 13.1. The third-order valence-electron chi connectivity index (χ3n) is 5.49. The van der Waals surface area contributed by atoms with E-state index in [1.54, 1.807) is 41.3 Å². The van der Waals surface area contributed by atoms with E-state index in [9.17, 15) is 13.2 Å². The molecular formula is C22H28N6O4S. The van der Waals surface area contributed by atoms with Crippen molar-refractivity contribution in [3.63, 3.8) is 0 Å². The molecule has 1 fully saturated rings. The van der Waals surface area contributed by atoms with Gasteiger partial charge in [-0.1, -0.05) is 12.1 Å². The van der Waals surface area contributed by atoms with E-state index in [0.717, 1.165) is 41.4 Å². The van der Waals surface area contributed by atoms with Gasteiger partial charge >= 0.3 is 0 Å². The zero-order valence-corrected chi connectivity index (χ0v) is 19.5. The first-order valence-electron chi connectivity index (χ1n) is 10.9. The molecule has 10 nitrogen and oxygen atoms in total. The van der Waals surface area contributed by atoms with Gasteiger partial charge in [0.05, 0.1) is 29.1 Å². The molecule has 1 aliphatic rings. The Labute approximate surface area is 192 Å². The van der Waals surface area contributed by atoms with Crippen molar-refractivity contribution < 1.29 is 17.9 Å². The average Bonchev–Trinajstić information content (AvgIpc) is 3.22. The number of aromatic nitrogens is 3. The van der Waals surface area contributed by atoms with Crippen molar-refractivity contribution in [2.45, 2.75) is 38.9 Å². The van der Waals surface area contributed by atoms with E-state index in [2.05, 4.69) is 25.4 Å². The molecule has 1 amide bonds. The summed E-state index contributed by atoms with van der Waals surface area (Å²) in [6.45, 7) is 4.35. The summed E-state index contributed by atoms with van der Waals surface area (Å²) >= 11 is 0. The topological polar surface area (TPSA) is 127 Å². The monoisotopic (exact) mass is 472 g/mol. The van der Waals surface area contributed by atoms with Gasteiger partial charge in [0.15, 0.2) is 5.65 Å². The number of carbonyl (C=O) groups is 1. The Morgan fingerprint density at radius 3 is 2.58 bits per heavy atom. The molecule has 0 radical (unpaired) electrons. The van der Waals surface area contributed by atoms with Crippen LogP contribution in [0.4, 0.5) is 11.4 Å². The van der Waals surface area contributed by atoms with Gasteiger partial charge in [0, 0.05) is 44.2 Å². The number of aryl methyl sites for hydroxylation is 1. The smallest absolute Gasteiger partial charge is 0.255 e. The van der Waals surface area contributed by atoms with Crippen molar-refractivity contribution in [1.82, 2.24) is 20.1 Å². The summed E-state index contributed by atoms with van der Waals surface area (Å²) in [7, 11) is -3.34. The van der Waals surface area contributed by atoms with Crippen molar-refractivity contribution in [3.8, 4) is 0 Å². The van der Waals surface area contributed by atoms with Crippen molar-refractivity contribution in [2.24, 2.45) is 0 Å². The van der Waals surface area contributed by atoms with Crippen molar-refractivity contribution in [2.75, 3.05) is 29.5 Å². The van der Waals surface area contributed by atoms with Crippen LogP contribution in [0.5, 0.6) is 0 Å². The molecule has 33 heavy (non-hydrogen) atoms. The SMILES string of the molecule is CCn1ncc2c(NC3CCOCC3)c(C(=O)NCc3ccc(NS(C)(=O)=O)cc3)cnc21. The van der Waals surface area contributed by atoms with E-state index >= 15 is 0 Å². The standard InChI is InChI=1S/C22H28N6O4S/c1-3-28-21-18(14-25-28)20(26-16-8-10-32-11-9-16)19(13-23-21)22(29)24-12-15-4-6-17(7-5-15)27-33(2,30)31/h4-7,13-14,16,27H,3,8-12H2,1-2H3,(H,23,26)(H,24,29). The van der Waals surface area contributed by atoms with Gasteiger partial charge in [0.1, 0.15) is 0 Å². The lowest BCUT2D eigenvalue weighted by Crippen LogP contribution is -2.30. The summed E-state index contributed by atoms with van der Waals surface area (Å²) < 4.78 is 32.4. The number of nitrogens with zero attached hydrogens (tertiary/aromatic N) is 3. The highest BCUT2D eigenvalue weighted by molar-refractivity contribution is 7.92. The summed E-state index contributed by atoms with van der Waals surface area (Å²) in [6.07, 6.45) is 6.16. The number of hydrogen-bond donors (Lipinski definition) is 3. The van der Waals surface area contributed by atoms with Crippen LogP contribution in [0.3, 0.4) is 0 Å². The number of anilines is 2. The first-order chi connectivity index (χ1) is 15.8. The molecule has 2 aromatic heterocycles. The zero-order chi connectivity index (χ0) is 23.4. The Balaban J connectivity index is 1.53. The summed E-state index contributed by atoms with van der Waals surface area (Å²) in [6, 6.07) is 7.06. The molecule has 0 atom stereocenters. The fraction of sp³-hybridized carbons (Fsp3) is 0.409. The second-order valence-corrected chi connectivity index (χ2v) is 9.78. The van der Waals surface area contributed by atoms with Crippen LogP contribution in [0.25, 0.3) is 11.0 Å². The minimum atomic E-state index is -3.34. The highest BCUT2D eigenvalue weighted by atomic mass is 32.2. The van der Waals surface area contributed by atoms with Gasteiger partial charge in [-0.3, -0.25) is 9.52 Å². The van der Waals surface area contributed by atoms with Crippen LogP contribution < -0.4 is 15.4 Å². The molecule has 11 heteroatoms. The fourth-order valence-corrected chi connectivity index (χ4v) is 4.38. The van der Waals surface area contributed by atoms with Gasteiger partial charge in [-0.2, -0.15) is 5.10 Å². The minimum Gasteiger partial charge on any atom is -0.381 e. The molecule has 1 saturated heterocycles. The molecule has 3 heterocycles. The first kappa shape index (κ1) is 23.0. The summed E-state index contributed by atoms with van der Waals surface area (Å²) in [4.78, 5) is 17.6. The summed E-state index contributed by atoms with van der Waals surface area (Å²) in [5.74, 6) is -0.249. The second kappa shape index (κ2) is 9.75. The van der Waals surface area contributed by atoms with E-state index < -0.39 is 10.0 Å². The van der Waals surface area contributed by atoms with E-state index in [1.165, 1.54) is 0 Å². The van der Waals surface area contributed by atoms with Crippen LogP contribution in [-0.2, 0) is 27.8 Å². The van der Waals surface area contributed by atoms with E-state index in [-0.39, 0.29) is 11.9 Å². The maximum absolute atomic E-state index is 13.1. The Hall–Kier alpha value is -3.18. The molecule has 3 N–H and O–H groups in total. The van der Waals surface area contributed by atoms with Gasteiger partial charge in [0.2, 0.25) is 10.0 Å². The second-order valence-electron chi connectivity index (χ2n) is 8.03. The van der Waals surface area contributed by atoms with E-state index in [0.29, 0.717) is 37.6 Å². The quantitative estimate of drug-likeness (QED) is 0.459. The van der Waals surface area contributed by atoms with Crippen LogP contribution in [0.1, 0.15) is 35.7 Å². The molecule has 0 aliphatic carbocycles. The number of benzene rings is 1. The number of sulfonamides is 1. The number of fused-ring (bicyclic) bond motifs is 1. The molecule has 0 saturated carbocycles. The third kappa shape index (κ3) is 5.60. The lowest BCUT2D eigenvalue weighted by atomic mass is 10.1. The van der Waals surface area contributed by atoms with Gasteiger partial charge in [-0.25, -0.2) is 18.1 Å². The Morgan fingerprint density at radius 1 is 1.18 bits per heavy atom. The fourth-order valence-electron chi connectivity index (χ4n) is 3.81. The third-order valence-corrected chi connectivity index (χ3v) is 6.10. The number of ether oxygens (including phenoxy) is 1. The molecule has 0 bridgehead atoms. The number of nitrogens with one attached hydrogen (secondary N) is 3. The molecule has 1 aromatic carbocycles. The zero-order valence-electron chi connectivity index (χ0n) is 18.7. The molecule has 3 aromatic rings. The van der Waals surface area contributed by atoms with Crippen molar-refractivity contribution >= 4 is 38.3 Å². The number of amides is 1. The largest absolute Gasteiger partial charge is 0.381 e. The lowest BCUT2D eigenvalue weighted by Gasteiger charge is -2.25. The molecule has 176 valence electrons. The highest BCUT2D eigenvalue weighted by Crippen LogP contribution is 2.28. The summed E-state index contributed by atoms with van der Waals surface area (Å²) in [5.41, 5.74) is 3.24. The van der Waals surface area contributed by atoms with Gasteiger partial charge in [-0.15, -0.1) is 0 Å². The Morgan fingerprint density at radius 2 is 1.91 bits per heavy atom. The van der Waals surface area contributed by atoms with E-state index in [4.69, 9.17) is 4.74 Å². The van der Waals surface area contributed by atoms with Crippen LogP contribution in [-0.4, -0.2) is 54.6 Å². The van der Waals surface area contributed by atoms with Crippen molar-refractivity contribution in [1.29, 1.82) is 0 Å². The molecule has 0 spiro atoms. The van der Waals surface area contributed by atoms with Crippen LogP contribution in [0.2, 0.25) is 0 Å². The predicted molar refractivity (Wildman–Crippen MR) is 127 cm³/mol. The number of pyridine rings is 1. The molecule has 4 rings (SSSR count). The Bertz CT molecular complexity index is 1230. The molecule has 0 unspecified atom stereocenters. The van der Waals surface area contributed by atoms with Crippen LogP contribution >= 0.6 is 0 Å². The van der Waals surface area contributed by atoms with Gasteiger partial charge < -0.3 is 15.4 Å². The Kier molecular flexibility index (Phi) is 6.80. The van der Waals surface area contributed by atoms with Crippen LogP contribution in [0, 0.1) is 0 Å². The van der Waals surface area contributed by atoms with E-state index in [1.807, 2.05) is 6.92 Å². The van der Waals surface area contributed by atoms with Gasteiger partial charge in [-0.05, 0) is 37.5 Å². The maximum Gasteiger partial charge on any atom is 0.255 e. The molecule has 1 aliphatic heterocycles. The van der Waals surface area contributed by atoms with Gasteiger partial charge in [0.25, 0.3) is 5.91 Å². The predicted octanol–water partition coefficient (Wildman–Crippen LogP) is 2.34. The summed E-state index contributed by atoms with van der Waals surface area (Å²) in [5, 5.41) is 11.7. The van der Waals surface area contributed by atoms with Crippen molar-refractivity contribution in [3.05, 3.63) is 47.8 Å². The molecular weight excluding hydrogens is 444 g/mol. The average molecular weight is 473 g/mol. The normalized spacial score (nSPS) is 14.8. The number of rotatable bonds is 8. The number of hydrogen-bond acceptors (Lipinski definition) is 7. The highest BCUT2D eigenvalue weighted by Gasteiger charge is 2.22.